The van der Waals surface area contributed by atoms with E-state index in [0.29, 0.717) is 24.4 Å². The van der Waals surface area contributed by atoms with Gasteiger partial charge in [-0.2, -0.15) is 0 Å². The van der Waals surface area contributed by atoms with E-state index in [4.69, 9.17) is 35.9 Å². The van der Waals surface area contributed by atoms with Crippen molar-refractivity contribution in [2.45, 2.75) is 18.6 Å². The van der Waals surface area contributed by atoms with Crippen LogP contribution < -0.4 is 15.8 Å². The number of hydrogen-bond acceptors (Lipinski definition) is 7. The van der Waals surface area contributed by atoms with E-state index in [9.17, 15) is 9.36 Å². The van der Waals surface area contributed by atoms with Gasteiger partial charge in [-0.15, -0.1) is 0 Å². The summed E-state index contributed by atoms with van der Waals surface area (Å²) in [5.41, 5.74) is 6.35. The molecule has 1 fully saturated rings. The van der Waals surface area contributed by atoms with Crippen molar-refractivity contribution < 1.29 is 27.9 Å². The van der Waals surface area contributed by atoms with Crippen molar-refractivity contribution in [1.82, 2.24) is 9.99 Å². The first-order chi connectivity index (χ1) is 12.8. The Morgan fingerprint density at radius 3 is 2.52 bits per heavy atom. The van der Waals surface area contributed by atoms with E-state index < -0.39 is 13.9 Å². The largest absolute Gasteiger partial charge is 0.496 e. The molecule has 0 bridgehead atoms. The summed E-state index contributed by atoms with van der Waals surface area (Å²) in [4.78, 5) is 12.7. The lowest BCUT2D eigenvalue weighted by Crippen LogP contribution is -2.54. The average molecular weight is 422 g/mol. The normalized spacial score (nSPS) is 21.1. The van der Waals surface area contributed by atoms with Crippen molar-refractivity contribution in [3.63, 3.8) is 0 Å². The average Bonchev–Trinajstić information content (AvgIpc) is 2.69. The number of rotatable bonds is 7. The van der Waals surface area contributed by atoms with Crippen LogP contribution in [0, 0.1) is 0 Å². The molecule has 2 atom stereocenters. The molecule has 1 aliphatic rings. The topological polar surface area (TPSA) is 112 Å². The van der Waals surface area contributed by atoms with Gasteiger partial charge in [-0.25, -0.2) is 9.24 Å². The molecule has 2 rings (SSSR count). The minimum absolute atomic E-state index is 0.264. The fraction of sp³-hybridized carbons (Fsp3) is 0.562. The van der Waals surface area contributed by atoms with Gasteiger partial charge < -0.3 is 20.5 Å². The molecule has 0 saturated carbocycles. The van der Waals surface area contributed by atoms with E-state index in [-0.39, 0.29) is 29.1 Å². The number of halogens is 1. The maximum absolute atomic E-state index is 12.7. The Morgan fingerprint density at radius 1 is 1.30 bits per heavy atom. The van der Waals surface area contributed by atoms with Crippen molar-refractivity contribution in [2.75, 3.05) is 47.3 Å². The van der Waals surface area contributed by atoms with Crippen LogP contribution >= 0.6 is 19.3 Å². The Kier molecular flexibility index (Phi) is 7.50. The number of nitrogens with one attached hydrogen (secondary N) is 1. The van der Waals surface area contributed by atoms with Crippen LogP contribution in [0.3, 0.4) is 0 Å². The van der Waals surface area contributed by atoms with Crippen molar-refractivity contribution >= 4 is 30.9 Å². The predicted molar refractivity (Wildman–Crippen MR) is 102 cm³/mol. The number of nitrogen functional groups attached to an aromatic ring is 1. The molecule has 0 radical (unpaired) electrons. The van der Waals surface area contributed by atoms with E-state index in [0.717, 1.165) is 0 Å². The minimum Gasteiger partial charge on any atom is -0.496 e. The molecule has 1 heterocycles. The van der Waals surface area contributed by atoms with Crippen LogP contribution in [-0.2, 0) is 18.3 Å². The van der Waals surface area contributed by atoms with Crippen LogP contribution in [0.1, 0.15) is 16.8 Å². The second-order valence-corrected chi connectivity index (χ2v) is 8.60. The van der Waals surface area contributed by atoms with Crippen molar-refractivity contribution in [2.24, 2.45) is 0 Å². The van der Waals surface area contributed by atoms with Gasteiger partial charge in [-0.05, 0) is 12.5 Å². The fourth-order valence-electron chi connectivity index (χ4n) is 2.99. The summed E-state index contributed by atoms with van der Waals surface area (Å²) >= 11 is 6.04. The molecule has 9 nitrogen and oxygen atoms in total. The third-order valence-corrected chi connectivity index (χ3v) is 6.83. The number of amides is 1. The molecule has 1 aliphatic heterocycles. The SMILES string of the molecule is COc1cc(N)c(Cl)cc1C(=O)NC1CCN(P(=O)(OC)OC)CC1OC. The number of nitrogens with two attached hydrogens (primary N) is 1. The Balaban J connectivity index is 2.15. The van der Waals surface area contributed by atoms with Crippen molar-refractivity contribution in [1.29, 1.82) is 0 Å². The zero-order chi connectivity index (χ0) is 20.2. The standard InChI is InChI=1S/C16H25ClN3O6P/c1-23-14-8-12(18)11(17)7-10(14)16(21)19-13-5-6-20(9-15(13)24-2)27(22,25-3)26-4/h7-8,13,15H,5-6,9,18H2,1-4H3,(H,19,21). The minimum atomic E-state index is -3.36. The number of anilines is 1. The number of benzene rings is 1. The first-order valence-corrected chi connectivity index (χ1v) is 10.1. The van der Waals surface area contributed by atoms with Gasteiger partial charge in [0.2, 0.25) is 0 Å². The third-order valence-electron chi connectivity index (χ3n) is 4.53. The van der Waals surface area contributed by atoms with E-state index in [2.05, 4.69) is 5.32 Å². The molecule has 27 heavy (non-hydrogen) atoms. The number of ether oxygens (including phenoxy) is 2. The Hall–Kier alpha value is -1.35. The third kappa shape index (κ3) is 4.74. The Bertz CT molecular complexity index is 726. The molecule has 0 aromatic heterocycles. The van der Waals surface area contributed by atoms with E-state index in [1.165, 1.54) is 40.6 Å². The van der Waals surface area contributed by atoms with Crippen LogP contribution in [0.5, 0.6) is 5.75 Å². The van der Waals surface area contributed by atoms with Gasteiger partial charge in [0.05, 0.1) is 35.5 Å². The Morgan fingerprint density at radius 2 is 1.96 bits per heavy atom. The summed E-state index contributed by atoms with van der Waals surface area (Å²) in [5.74, 6) is -0.0417. The highest BCUT2D eigenvalue weighted by molar-refractivity contribution is 7.51. The second kappa shape index (κ2) is 9.23. The lowest BCUT2D eigenvalue weighted by Gasteiger charge is -2.39. The first kappa shape index (κ1) is 21.9. The van der Waals surface area contributed by atoms with Crippen LogP contribution in [0.2, 0.25) is 5.02 Å². The highest BCUT2D eigenvalue weighted by Crippen LogP contribution is 2.51. The fourth-order valence-corrected chi connectivity index (χ4v) is 4.49. The molecule has 3 N–H and O–H groups in total. The summed E-state index contributed by atoms with van der Waals surface area (Å²) in [5, 5.41) is 3.19. The zero-order valence-corrected chi connectivity index (χ0v) is 17.4. The van der Waals surface area contributed by atoms with Gasteiger partial charge in [0.25, 0.3) is 5.91 Å². The molecule has 0 spiro atoms. The summed E-state index contributed by atoms with van der Waals surface area (Å²) in [6.07, 6.45) is 0.0861. The van der Waals surface area contributed by atoms with Crippen molar-refractivity contribution in [3.8, 4) is 5.75 Å². The maximum atomic E-state index is 12.7. The number of nitrogens with zero attached hydrogens (tertiary/aromatic N) is 1. The van der Waals surface area contributed by atoms with E-state index >= 15 is 0 Å². The molecular formula is C16H25ClN3O6P. The van der Waals surface area contributed by atoms with Gasteiger partial charge in [0, 0.05) is 40.5 Å². The second-order valence-electron chi connectivity index (χ2n) is 5.96. The highest BCUT2D eigenvalue weighted by Gasteiger charge is 2.40. The van der Waals surface area contributed by atoms with E-state index in [1.807, 2.05) is 0 Å². The van der Waals surface area contributed by atoms with Crippen LogP contribution in [0.25, 0.3) is 0 Å². The lowest BCUT2D eigenvalue weighted by atomic mass is 10.0. The Labute approximate surface area is 163 Å². The smallest absolute Gasteiger partial charge is 0.407 e. The zero-order valence-electron chi connectivity index (χ0n) is 15.7. The van der Waals surface area contributed by atoms with E-state index in [1.54, 1.807) is 4.67 Å². The molecule has 11 heteroatoms. The molecule has 1 saturated heterocycles. The molecule has 0 aliphatic carbocycles. The van der Waals surface area contributed by atoms with Crippen LogP contribution in [-0.4, -0.2) is 64.3 Å². The van der Waals surface area contributed by atoms with Gasteiger partial charge in [-0.1, -0.05) is 11.6 Å². The monoisotopic (exact) mass is 421 g/mol. The molecule has 1 amide bonds. The maximum Gasteiger partial charge on any atom is 0.407 e. The van der Waals surface area contributed by atoms with Gasteiger partial charge in [-0.3, -0.25) is 13.8 Å². The van der Waals surface area contributed by atoms with Gasteiger partial charge >= 0.3 is 7.75 Å². The molecule has 1 aromatic carbocycles. The predicted octanol–water partition coefficient (Wildman–Crippen LogP) is 2.15. The number of piperidine rings is 1. The van der Waals surface area contributed by atoms with Gasteiger partial charge in [0.1, 0.15) is 5.75 Å². The summed E-state index contributed by atoms with van der Waals surface area (Å²) in [6.45, 7) is 0.684. The molecular weight excluding hydrogens is 397 g/mol. The van der Waals surface area contributed by atoms with Crippen LogP contribution in [0.4, 0.5) is 5.69 Å². The lowest BCUT2D eigenvalue weighted by molar-refractivity contribution is 0.0196. The number of carbonyl (C=O) groups is 1. The number of methoxy groups -OCH3 is 2. The molecule has 152 valence electrons. The number of hydrogen-bond donors (Lipinski definition) is 2. The quantitative estimate of drug-likeness (QED) is 0.508. The molecule has 2 unspecified atom stereocenters. The van der Waals surface area contributed by atoms with Crippen LogP contribution in [0.15, 0.2) is 12.1 Å². The summed E-state index contributed by atoms with van der Waals surface area (Å²) in [6, 6.07) is 2.66. The molecule has 1 aromatic rings. The summed E-state index contributed by atoms with van der Waals surface area (Å²) < 4.78 is 34.9. The number of carbonyl (C=O) groups excluding carboxylic acids is 1. The highest BCUT2D eigenvalue weighted by atomic mass is 35.5. The summed E-state index contributed by atoms with van der Waals surface area (Å²) in [7, 11) is 2.27. The van der Waals surface area contributed by atoms with Crippen molar-refractivity contribution in [3.05, 3.63) is 22.7 Å². The first-order valence-electron chi connectivity index (χ1n) is 8.23. The van der Waals surface area contributed by atoms with Gasteiger partial charge in [0.15, 0.2) is 0 Å².